The maximum atomic E-state index is 13.3. The summed E-state index contributed by atoms with van der Waals surface area (Å²) in [5, 5.41) is 6.42. The largest absolute Gasteiger partial charge is 0.416 e. The molecule has 0 bridgehead atoms. The van der Waals surface area contributed by atoms with E-state index in [1.807, 2.05) is 24.0 Å². The van der Waals surface area contributed by atoms with Crippen LogP contribution in [0.15, 0.2) is 42.5 Å². The topological polar surface area (TPSA) is 53.6 Å². The van der Waals surface area contributed by atoms with Crippen molar-refractivity contribution in [1.29, 1.82) is 0 Å². The van der Waals surface area contributed by atoms with Crippen LogP contribution in [0.25, 0.3) is 0 Å². The lowest BCUT2D eigenvalue weighted by Crippen LogP contribution is -2.40. The van der Waals surface area contributed by atoms with Crippen LogP contribution in [0.3, 0.4) is 0 Å². The molecule has 0 aromatic heterocycles. The molecule has 0 aliphatic carbocycles. The number of amides is 1. The van der Waals surface area contributed by atoms with Crippen LogP contribution in [0.1, 0.15) is 31.0 Å². The minimum Gasteiger partial charge on any atom is -0.378 e. The van der Waals surface area contributed by atoms with Crippen LogP contribution in [0.2, 0.25) is 5.02 Å². The van der Waals surface area contributed by atoms with Crippen LogP contribution in [0.4, 0.5) is 24.5 Å². The first kappa shape index (κ1) is 23.4. The van der Waals surface area contributed by atoms with Gasteiger partial charge >= 0.3 is 6.18 Å². The second kappa shape index (κ2) is 9.89. The number of hydrogen-bond donors (Lipinski definition) is 2. The van der Waals surface area contributed by atoms with E-state index in [9.17, 15) is 18.0 Å². The fourth-order valence-corrected chi connectivity index (χ4v) is 3.66. The van der Waals surface area contributed by atoms with Crippen LogP contribution in [0.5, 0.6) is 0 Å². The number of benzene rings is 2. The molecule has 168 valence electrons. The molecule has 0 saturated carbocycles. The molecule has 2 aromatic carbocycles. The zero-order valence-electron chi connectivity index (χ0n) is 17.3. The molecule has 1 aliphatic rings. The third kappa shape index (κ3) is 6.12. The lowest BCUT2D eigenvalue weighted by atomic mass is 10.1. The van der Waals surface area contributed by atoms with Gasteiger partial charge in [-0.2, -0.15) is 13.2 Å². The number of morpholine rings is 1. The summed E-state index contributed by atoms with van der Waals surface area (Å²) in [6.45, 7) is 5.58. The van der Waals surface area contributed by atoms with E-state index in [4.69, 9.17) is 16.3 Å². The summed E-state index contributed by atoms with van der Waals surface area (Å²) in [6.07, 6.45) is -4.51. The van der Waals surface area contributed by atoms with Gasteiger partial charge in [0.2, 0.25) is 5.91 Å². The molecule has 0 spiro atoms. The van der Waals surface area contributed by atoms with E-state index in [1.54, 1.807) is 19.1 Å². The van der Waals surface area contributed by atoms with Gasteiger partial charge in [-0.1, -0.05) is 23.7 Å². The van der Waals surface area contributed by atoms with E-state index in [0.29, 0.717) is 37.0 Å². The van der Waals surface area contributed by atoms with Gasteiger partial charge in [0.1, 0.15) is 0 Å². The van der Waals surface area contributed by atoms with Crippen LogP contribution in [-0.2, 0) is 15.7 Å². The minimum atomic E-state index is -4.51. The predicted molar refractivity (Wildman–Crippen MR) is 116 cm³/mol. The molecule has 1 saturated heterocycles. The van der Waals surface area contributed by atoms with Gasteiger partial charge in [-0.25, -0.2) is 0 Å². The van der Waals surface area contributed by atoms with Crippen LogP contribution < -0.4 is 15.5 Å². The molecule has 1 fully saturated rings. The molecule has 2 aromatic rings. The van der Waals surface area contributed by atoms with Gasteiger partial charge in [-0.3, -0.25) is 10.1 Å². The first-order valence-electron chi connectivity index (χ1n) is 10.0. The average Bonchev–Trinajstić information content (AvgIpc) is 2.73. The van der Waals surface area contributed by atoms with Gasteiger partial charge < -0.3 is 15.0 Å². The number of ether oxygens (including phenoxy) is 1. The number of nitrogens with one attached hydrogen (secondary N) is 2. The number of hydrogen-bond acceptors (Lipinski definition) is 4. The SMILES string of the molecule is C[C@@H](N[C@H](C)c1cccc(Cl)c1)C(=O)Nc1cc(C(F)(F)F)ccc1N1CCOCC1. The van der Waals surface area contributed by atoms with E-state index in [1.165, 1.54) is 6.07 Å². The van der Waals surface area contributed by atoms with E-state index < -0.39 is 23.7 Å². The zero-order valence-corrected chi connectivity index (χ0v) is 18.1. The Bertz CT molecular complexity index is 917. The molecular formula is C22H25ClF3N3O2. The highest BCUT2D eigenvalue weighted by atomic mass is 35.5. The molecule has 9 heteroatoms. The summed E-state index contributed by atoms with van der Waals surface area (Å²) < 4.78 is 45.1. The third-order valence-electron chi connectivity index (χ3n) is 5.18. The summed E-state index contributed by atoms with van der Waals surface area (Å²) in [7, 11) is 0. The predicted octanol–water partition coefficient (Wildman–Crippen LogP) is 4.87. The fourth-order valence-electron chi connectivity index (χ4n) is 3.46. The maximum Gasteiger partial charge on any atom is 0.416 e. The van der Waals surface area contributed by atoms with E-state index in [2.05, 4.69) is 10.6 Å². The highest BCUT2D eigenvalue weighted by Gasteiger charge is 2.32. The lowest BCUT2D eigenvalue weighted by molar-refractivity contribution is -0.137. The van der Waals surface area contributed by atoms with Crippen molar-refractivity contribution in [2.24, 2.45) is 0 Å². The first-order valence-corrected chi connectivity index (χ1v) is 10.4. The number of carbonyl (C=O) groups is 1. The van der Waals surface area contributed by atoms with E-state index >= 15 is 0 Å². The number of carbonyl (C=O) groups excluding carboxylic acids is 1. The Kier molecular flexibility index (Phi) is 7.46. The molecule has 1 heterocycles. The van der Waals surface area contributed by atoms with Gasteiger partial charge in [0.05, 0.1) is 36.2 Å². The second-order valence-electron chi connectivity index (χ2n) is 7.48. The highest BCUT2D eigenvalue weighted by molar-refractivity contribution is 6.30. The number of halogens is 4. The van der Waals surface area contributed by atoms with Gasteiger partial charge in [-0.15, -0.1) is 0 Å². The Morgan fingerprint density at radius 1 is 1.13 bits per heavy atom. The Morgan fingerprint density at radius 2 is 1.84 bits per heavy atom. The first-order chi connectivity index (χ1) is 14.6. The van der Waals surface area contributed by atoms with Gasteiger partial charge in [-0.05, 0) is 49.7 Å². The third-order valence-corrected chi connectivity index (χ3v) is 5.41. The molecule has 0 unspecified atom stereocenters. The number of alkyl halides is 3. The van der Waals surface area contributed by atoms with E-state index in [-0.39, 0.29) is 11.7 Å². The number of nitrogens with zero attached hydrogens (tertiary/aromatic N) is 1. The van der Waals surface area contributed by atoms with Crippen molar-refractivity contribution < 1.29 is 22.7 Å². The van der Waals surface area contributed by atoms with Gasteiger partial charge in [0, 0.05) is 24.2 Å². The zero-order chi connectivity index (χ0) is 22.6. The number of rotatable bonds is 6. The van der Waals surface area contributed by atoms with Crippen molar-refractivity contribution in [3.63, 3.8) is 0 Å². The van der Waals surface area contributed by atoms with Crippen molar-refractivity contribution >= 4 is 28.9 Å². The quantitative estimate of drug-likeness (QED) is 0.652. The highest BCUT2D eigenvalue weighted by Crippen LogP contribution is 2.36. The van der Waals surface area contributed by atoms with Crippen molar-refractivity contribution in [2.75, 3.05) is 36.5 Å². The lowest BCUT2D eigenvalue weighted by Gasteiger charge is -2.31. The van der Waals surface area contributed by atoms with Crippen LogP contribution >= 0.6 is 11.6 Å². The van der Waals surface area contributed by atoms with Crippen LogP contribution in [0, 0.1) is 0 Å². The van der Waals surface area contributed by atoms with Gasteiger partial charge in [0.25, 0.3) is 0 Å². The normalized spacial score (nSPS) is 16.6. The summed E-state index contributed by atoms with van der Waals surface area (Å²) in [5.74, 6) is -0.428. The molecule has 0 radical (unpaired) electrons. The fraction of sp³-hybridized carbons (Fsp3) is 0.409. The summed E-state index contributed by atoms with van der Waals surface area (Å²) in [5.41, 5.74) is 0.762. The Morgan fingerprint density at radius 3 is 2.48 bits per heavy atom. The molecule has 2 atom stereocenters. The van der Waals surface area contributed by atoms with Crippen molar-refractivity contribution in [3.05, 3.63) is 58.6 Å². The monoisotopic (exact) mass is 455 g/mol. The second-order valence-corrected chi connectivity index (χ2v) is 7.92. The smallest absolute Gasteiger partial charge is 0.378 e. The van der Waals surface area contributed by atoms with Crippen molar-refractivity contribution in [1.82, 2.24) is 5.32 Å². The maximum absolute atomic E-state index is 13.3. The van der Waals surface area contributed by atoms with E-state index in [0.717, 1.165) is 17.7 Å². The van der Waals surface area contributed by atoms with Crippen molar-refractivity contribution in [2.45, 2.75) is 32.1 Å². The molecular weight excluding hydrogens is 431 g/mol. The minimum absolute atomic E-state index is 0.130. The molecule has 31 heavy (non-hydrogen) atoms. The Hall–Kier alpha value is -2.29. The molecule has 1 amide bonds. The van der Waals surface area contributed by atoms with Gasteiger partial charge in [0.15, 0.2) is 0 Å². The average molecular weight is 456 g/mol. The van der Waals surface area contributed by atoms with Crippen molar-refractivity contribution in [3.8, 4) is 0 Å². The molecule has 2 N–H and O–H groups in total. The standard InChI is InChI=1S/C22H25ClF3N3O2/c1-14(16-4-3-5-18(23)12-16)27-15(2)21(30)28-19-13-17(22(24,25)26)6-7-20(19)29-8-10-31-11-9-29/h3-7,12-15,27H,8-11H2,1-2H3,(H,28,30)/t14-,15-/m1/s1. The summed E-state index contributed by atoms with van der Waals surface area (Å²) in [6, 6.07) is 9.84. The number of anilines is 2. The molecule has 5 nitrogen and oxygen atoms in total. The van der Waals surface area contributed by atoms with Crippen LogP contribution in [-0.4, -0.2) is 38.3 Å². The summed E-state index contributed by atoms with van der Waals surface area (Å²) >= 11 is 6.03. The summed E-state index contributed by atoms with van der Waals surface area (Å²) in [4.78, 5) is 14.7. The Balaban J connectivity index is 1.77. The Labute approximate surface area is 184 Å². The molecule has 1 aliphatic heterocycles. The molecule has 3 rings (SSSR count).